The van der Waals surface area contributed by atoms with Crippen molar-refractivity contribution in [3.63, 3.8) is 0 Å². The highest BCUT2D eigenvalue weighted by atomic mass is 16.6. The van der Waals surface area contributed by atoms with Gasteiger partial charge in [0.1, 0.15) is 16.9 Å². The predicted octanol–water partition coefficient (Wildman–Crippen LogP) is 2.86. The van der Waals surface area contributed by atoms with Crippen LogP contribution in [0.5, 0.6) is 0 Å². The van der Waals surface area contributed by atoms with Crippen LogP contribution < -0.4 is 10.6 Å². The summed E-state index contributed by atoms with van der Waals surface area (Å²) < 4.78 is 10.3. The zero-order chi connectivity index (χ0) is 19.3. The van der Waals surface area contributed by atoms with E-state index in [0.717, 1.165) is 0 Å². The van der Waals surface area contributed by atoms with E-state index >= 15 is 0 Å². The fraction of sp³-hybridized carbons (Fsp3) is 0.812. The van der Waals surface area contributed by atoms with Gasteiger partial charge in [-0.2, -0.15) is 0 Å². The number of alkyl carbamates (subject to hydrolysis) is 2. The molecule has 3 N–H and O–H groups in total. The van der Waals surface area contributed by atoms with Crippen LogP contribution in [-0.4, -0.2) is 40.1 Å². The Morgan fingerprint density at radius 3 is 1.46 bits per heavy atom. The van der Waals surface area contributed by atoms with Gasteiger partial charge in [0.05, 0.1) is 5.92 Å². The zero-order valence-electron chi connectivity index (χ0n) is 15.8. The van der Waals surface area contributed by atoms with Crippen molar-refractivity contribution in [3.05, 3.63) is 0 Å². The minimum Gasteiger partial charge on any atom is -0.481 e. The molecule has 140 valence electrons. The first kappa shape index (κ1) is 22.0. The average molecular weight is 346 g/mol. The van der Waals surface area contributed by atoms with Crippen molar-refractivity contribution in [2.24, 2.45) is 5.92 Å². The smallest absolute Gasteiger partial charge is 0.409 e. The Labute approximate surface area is 143 Å². The maximum Gasteiger partial charge on any atom is 0.409 e. The van der Waals surface area contributed by atoms with E-state index in [-0.39, 0.29) is 6.42 Å². The number of carbonyl (C=O) groups excluding carboxylic acids is 2. The molecule has 0 aromatic carbocycles. The lowest BCUT2D eigenvalue weighted by Crippen LogP contribution is -2.60. The van der Waals surface area contributed by atoms with Gasteiger partial charge in [-0.3, -0.25) is 15.4 Å². The molecule has 2 amide bonds. The van der Waals surface area contributed by atoms with Crippen molar-refractivity contribution >= 4 is 18.2 Å². The Hall–Kier alpha value is -1.99. The highest BCUT2D eigenvalue weighted by molar-refractivity contribution is 5.73. The molecule has 0 aromatic heterocycles. The van der Waals surface area contributed by atoms with Gasteiger partial charge in [-0.15, -0.1) is 0 Å². The maximum absolute atomic E-state index is 12.0. The molecule has 0 fully saturated rings. The van der Waals surface area contributed by atoms with Gasteiger partial charge in [0.2, 0.25) is 0 Å². The lowest BCUT2D eigenvalue weighted by Gasteiger charge is -2.34. The summed E-state index contributed by atoms with van der Waals surface area (Å²) in [6, 6.07) is 0. The summed E-state index contributed by atoms with van der Waals surface area (Å²) in [6.07, 6.45) is -1.57. The molecular weight excluding hydrogens is 316 g/mol. The van der Waals surface area contributed by atoms with E-state index in [4.69, 9.17) is 14.6 Å². The molecule has 0 bridgehead atoms. The van der Waals surface area contributed by atoms with Crippen molar-refractivity contribution in [1.82, 2.24) is 10.6 Å². The van der Waals surface area contributed by atoms with Crippen LogP contribution >= 0.6 is 0 Å². The first-order chi connectivity index (χ1) is 10.5. The number of carboxylic acid groups (broad SMARTS) is 1. The number of hydrogen-bond acceptors (Lipinski definition) is 5. The zero-order valence-corrected chi connectivity index (χ0v) is 15.8. The van der Waals surface area contributed by atoms with Crippen molar-refractivity contribution < 1.29 is 29.0 Å². The largest absolute Gasteiger partial charge is 0.481 e. The van der Waals surface area contributed by atoms with E-state index in [2.05, 4.69) is 10.6 Å². The third kappa shape index (κ3) is 9.91. The number of ether oxygens (including phenoxy) is 2. The van der Waals surface area contributed by atoms with E-state index < -0.39 is 40.9 Å². The number of carbonyl (C=O) groups is 3. The van der Waals surface area contributed by atoms with Crippen molar-refractivity contribution in [2.45, 2.75) is 78.7 Å². The lowest BCUT2D eigenvalue weighted by molar-refractivity contribution is -0.142. The van der Waals surface area contributed by atoms with Crippen LogP contribution in [-0.2, 0) is 14.3 Å². The SMILES string of the molecule is CC(CC(C)(NC(=O)OC(C)(C)C)NC(=O)OC(C)(C)C)C(=O)O. The highest BCUT2D eigenvalue weighted by Crippen LogP contribution is 2.18. The average Bonchev–Trinajstić information content (AvgIpc) is 2.20. The summed E-state index contributed by atoms with van der Waals surface area (Å²) in [5.74, 6) is -1.85. The van der Waals surface area contributed by atoms with E-state index in [0.29, 0.717) is 0 Å². The van der Waals surface area contributed by atoms with Crippen molar-refractivity contribution in [3.8, 4) is 0 Å². The van der Waals surface area contributed by atoms with Gasteiger partial charge in [0.25, 0.3) is 0 Å². The van der Waals surface area contributed by atoms with Crippen molar-refractivity contribution in [2.75, 3.05) is 0 Å². The van der Waals surface area contributed by atoms with Gasteiger partial charge in [0.15, 0.2) is 0 Å². The lowest BCUT2D eigenvalue weighted by atomic mass is 9.97. The molecule has 0 radical (unpaired) electrons. The summed E-state index contributed by atoms with van der Waals surface area (Å²) in [5, 5.41) is 14.1. The van der Waals surface area contributed by atoms with Crippen LogP contribution in [0.25, 0.3) is 0 Å². The Morgan fingerprint density at radius 2 is 1.21 bits per heavy atom. The van der Waals surface area contributed by atoms with Crippen LogP contribution in [0.2, 0.25) is 0 Å². The minimum atomic E-state index is -1.34. The summed E-state index contributed by atoms with van der Waals surface area (Å²) >= 11 is 0. The number of amides is 2. The van der Waals surface area contributed by atoms with Gasteiger partial charge in [0, 0.05) is 6.42 Å². The Bertz CT molecular complexity index is 446. The minimum absolute atomic E-state index is 0.0409. The summed E-state index contributed by atoms with van der Waals surface area (Å²) in [5.41, 5.74) is -2.80. The monoisotopic (exact) mass is 346 g/mol. The molecule has 0 saturated carbocycles. The third-order valence-corrected chi connectivity index (χ3v) is 2.69. The molecule has 8 heteroatoms. The van der Waals surface area contributed by atoms with Gasteiger partial charge < -0.3 is 14.6 Å². The Balaban J connectivity index is 5.18. The quantitative estimate of drug-likeness (QED) is 0.660. The van der Waals surface area contributed by atoms with E-state index in [9.17, 15) is 14.4 Å². The molecule has 0 aliphatic heterocycles. The van der Waals surface area contributed by atoms with E-state index in [1.54, 1.807) is 41.5 Å². The van der Waals surface area contributed by atoms with E-state index in [1.165, 1.54) is 13.8 Å². The second-order valence-corrected chi connectivity index (χ2v) is 8.03. The van der Waals surface area contributed by atoms with Crippen molar-refractivity contribution in [1.29, 1.82) is 0 Å². The molecule has 0 aromatic rings. The second-order valence-electron chi connectivity index (χ2n) is 8.03. The normalized spacial score (nSPS) is 13.7. The molecule has 0 aliphatic carbocycles. The third-order valence-electron chi connectivity index (χ3n) is 2.69. The number of hydrogen-bond donors (Lipinski definition) is 3. The molecule has 1 unspecified atom stereocenters. The molecule has 0 spiro atoms. The number of nitrogens with one attached hydrogen (secondary N) is 2. The van der Waals surface area contributed by atoms with Crippen LogP contribution in [0.1, 0.15) is 61.8 Å². The molecule has 8 nitrogen and oxygen atoms in total. The fourth-order valence-corrected chi connectivity index (χ4v) is 1.89. The van der Waals surface area contributed by atoms with E-state index in [1.807, 2.05) is 0 Å². The molecule has 24 heavy (non-hydrogen) atoms. The summed E-state index contributed by atoms with van der Waals surface area (Å²) in [7, 11) is 0. The van der Waals surface area contributed by atoms with Crippen LogP contribution in [0.3, 0.4) is 0 Å². The molecule has 1 atom stereocenters. The summed E-state index contributed by atoms with van der Waals surface area (Å²) in [6.45, 7) is 13.2. The number of carboxylic acids is 1. The number of aliphatic carboxylic acids is 1. The highest BCUT2D eigenvalue weighted by Gasteiger charge is 2.35. The number of rotatable bonds is 5. The predicted molar refractivity (Wildman–Crippen MR) is 88.6 cm³/mol. The van der Waals surface area contributed by atoms with Gasteiger partial charge >= 0.3 is 18.2 Å². The maximum atomic E-state index is 12.0. The first-order valence-corrected chi connectivity index (χ1v) is 7.78. The van der Waals surface area contributed by atoms with Crippen LogP contribution in [0.4, 0.5) is 9.59 Å². The molecule has 0 aliphatic rings. The molecular formula is C16H30N2O6. The van der Waals surface area contributed by atoms with Gasteiger partial charge in [-0.1, -0.05) is 6.92 Å². The van der Waals surface area contributed by atoms with Crippen LogP contribution in [0.15, 0.2) is 0 Å². The molecule has 0 heterocycles. The Morgan fingerprint density at radius 1 is 0.875 bits per heavy atom. The Kier molecular flexibility index (Phi) is 7.08. The van der Waals surface area contributed by atoms with Gasteiger partial charge in [-0.05, 0) is 48.5 Å². The second kappa shape index (κ2) is 7.72. The fourth-order valence-electron chi connectivity index (χ4n) is 1.89. The summed E-state index contributed by atoms with van der Waals surface area (Å²) in [4.78, 5) is 35.2. The topological polar surface area (TPSA) is 114 Å². The van der Waals surface area contributed by atoms with Crippen LogP contribution in [0, 0.1) is 5.92 Å². The standard InChI is InChI=1S/C16H30N2O6/c1-10(11(19)20)9-16(8,17-12(21)23-14(2,3)4)18-13(22)24-15(5,6)7/h10H,9H2,1-8H3,(H,17,21)(H,18,22)(H,19,20). The molecule has 0 rings (SSSR count). The first-order valence-electron chi connectivity index (χ1n) is 7.78. The molecule has 0 saturated heterocycles. The van der Waals surface area contributed by atoms with Gasteiger partial charge in [-0.25, -0.2) is 9.59 Å².